The second kappa shape index (κ2) is 8.14. The van der Waals surface area contributed by atoms with Gasteiger partial charge in [-0.2, -0.15) is 5.26 Å². The fraction of sp³-hybridized carbons (Fsp3) is 0.722. The van der Waals surface area contributed by atoms with E-state index in [-0.39, 0.29) is 0 Å². The standard InChI is InChI=1S/C18H29NO4/c1-8-9-11-18(13-19,15(21)23-17(5,6)7)12-10-14(20)22-16(2,3)4/h10,12H,8-9,11H2,1-7H3/b12-10+/t18-/m0/s1. The first kappa shape index (κ1) is 21.2. The minimum atomic E-state index is -1.47. The molecule has 0 N–H and O–H groups in total. The summed E-state index contributed by atoms with van der Waals surface area (Å²) in [6, 6.07) is 2.02. The molecule has 0 spiro atoms. The van der Waals surface area contributed by atoms with E-state index in [0.717, 1.165) is 12.5 Å². The van der Waals surface area contributed by atoms with Crippen LogP contribution in [-0.4, -0.2) is 23.1 Å². The number of nitrogens with zero attached hydrogens (tertiary/aromatic N) is 1. The van der Waals surface area contributed by atoms with Gasteiger partial charge in [-0.3, -0.25) is 0 Å². The van der Waals surface area contributed by atoms with Gasteiger partial charge in [-0.05, 0) is 54.0 Å². The van der Waals surface area contributed by atoms with Crippen LogP contribution in [0.1, 0.15) is 67.7 Å². The lowest BCUT2D eigenvalue weighted by molar-refractivity contribution is -0.162. The molecular formula is C18H29NO4. The molecule has 0 unspecified atom stereocenters. The van der Waals surface area contributed by atoms with Gasteiger partial charge in [-0.1, -0.05) is 19.8 Å². The van der Waals surface area contributed by atoms with Crippen LogP contribution in [0.4, 0.5) is 0 Å². The first-order valence-electron chi connectivity index (χ1n) is 7.92. The first-order valence-corrected chi connectivity index (χ1v) is 7.92. The summed E-state index contributed by atoms with van der Waals surface area (Å²) < 4.78 is 10.5. The molecule has 0 heterocycles. The molecule has 0 saturated carbocycles. The lowest BCUT2D eigenvalue weighted by atomic mass is 9.83. The smallest absolute Gasteiger partial charge is 0.331 e. The third-order valence-corrected chi connectivity index (χ3v) is 2.80. The minimum Gasteiger partial charge on any atom is -0.459 e. The fourth-order valence-corrected chi connectivity index (χ4v) is 1.76. The zero-order chi connectivity index (χ0) is 18.3. The molecule has 0 rings (SSSR count). The summed E-state index contributed by atoms with van der Waals surface area (Å²) >= 11 is 0. The Morgan fingerprint density at radius 1 is 1.04 bits per heavy atom. The number of carbonyl (C=O) groups is 2. The highest BCUT2D eigenvalue weighted by Gasteiger charge is 2.39. The average molecular weight is 323 g/mol. The Balaban J connectivity index is 5.40. The molecule has 0 bridgehead atoms. The molecule has 0 radical (unpaired) electrons. The lowest BCUT2D eigenvalue weighted by Crippen LogP contribution is -2.36. The molecule has 0 aliphatic carbocycles. The van der Waals surface area contributed by atoms with Gasteiger partial charge in [0, 0.05) is 6.08 Å². The fourth-order valence-electron chi connectivity index (χ4n) is 1.76. The summed E-state index contributed by atoms with van der Waals surface area (Å²) in [5.74, 6) is -1.22. The lowest BCUT2D eigenvalue weighted by Gasteiger charge is -2.27. The number of ether oxygens (including phenoxy) is 2. The van der Waals surface area contributed by atoms with Gasteiger partial charge in [0.2, 0.25) is 0 Å². The molecule has 23 heavy (non-hydrogen) atoms. The molecule has 0 saturated heterocycles. The second-order valence-electron chi connectivity index (χ2n) is 7.56. The highest BCUT2D eigenvalue weighted by Crippen LogP contribution is 2.30. The summed E-state index contributed by atoms with van der Waals surface area (Å²) in [5.41, 5.74) is -2.81. The van der Waals surface area contributed by atoms with Gasteiger partial charge in [0.25, 0.3) is 0 Å². The quantitative estimate of drug-likeness (QED) is 0.547. The summed E-state index contributed by atoms with van der Waals surface area (Å²) in [7, 11) is 0. The highest BCUT2D eigenvalue weighted by atomic mass is 16.6. The molecule has 0 aliphatic heterocycles. The van der Waals surface area contributed by atoms with E-state index in [0.29, 0.717) is 12.8 Å². The van der Waals surface area contributed by atoms with Gasteiger partial charge < -0.3 is 9.47 Å². The number of nitriles is 1. The third-order valence-electron chi connectivity index (χ3n) is 2.80. The van der Waals surface area contributed by atoms with Crippen LogP contribution >= 0.6 is 0 Å². The highest BCUT2D eigenvalue weighted by molar-refractivity contribution is 5.87. The largest absolute Gasteiger partial charge is 0.459 e. The number of hydrogen-bond donors (Lipinski definition) is 0. The van der Waals surface area contributed by atoms with Crippen molar-refractivity contribution in [3.8, 4) is 6.07 Å². The number of unbranched alkanes of at least 4 members (excludes halogenated alkanes) is 1. The molecule has 0 aromatic carbocycles. The van der Waals surface area contributed by atoms with Crippen LogP contribution in [0.3, 0.4) is 0 Å². The topological polar surface area (TPSA) is 76.4 Å². The SMILES string of the molecule is CCCC[C@@](C#N)(/C=C/C(=O)OC(C)(C)C)C(=O)OC(C)(C)C. The van der Waals surface area contributed by atoms with E-state index in [4.69, 9.17) is 9.47 Å². The number of carbonyl (C=O) groups excluding carboxylic acids is 2. The van der Waals surface area contributed by atoms with Crippen LogP contribution in [0.2, 0.25) is 0 Å². The third kappa shape index (κ3) is 8.39. The maximum absolute atomic E-state index is 12.5. The van der Waals surface area contributed by atoms with Crippen molar-refractivity contribution in [2.45, 2.75) is 78.9 Å². The van der Waals surface area contributed by atoms with Crippen LogP contribution < -0.4 is 0 Å². The van der Waals surface area contributed by atoms with Gasteiger partial charge >= 0.3 is 11.9 Å². The van der Waals surface area contributed by atoms with E-state index in [2.05, 4.69) is 0 Å². The Morgan fingerprint density at radius 3 is 1.96 bits per heavy atom. The van der Waals surface area contributed by atoms with Crippen molar-refractivity contribution in [2.75, 3.05) is 0 Å². The normalized spacial score (nSPS) is 14.9. The number of esters is 2. The Kier molecular flexibility index (Phi) is 7.50. The Bertz CT molecular complexity index is 489. The predicted molar refractivity (Wildman–Crippen MR) is 88.4 cm³/mol. The summed E-state index contributed by atoms with van der Waals surface area (Å²) in [5, 5.41) is 9.56. The van der Waals surface area contributed by atoms with Crippen LogP contribution in [-0.2, 0) is 19.1 Å². The molecule has 0 aliphatic rings. The molecule has 5 heteroatoms. The van der Waals surface area contributed by atoms with Crippen LogP contribution in [0.15, 0.2) is 12.2 Å². The van der Waals surface area contributed by atoms with Crippen molar-refractivity contribution in [2.24, 2.45) is 5.41 Å². The van der Waals surface area contributed by atoms with E-state index in [1.165, 1.54) is 6.08 Å². The van der Waals surface area contributed by atoms with Gasteiger partial charge in [-0.25, -0.2) is 9.59 Å². The number of rotatable bonds is 6. The van der Waals surface area contributed by atoms with Gasteiger partial charge in [-0.15, -0.1) is 0 Å². The van der Waals surface area contributed by atoms with E-state index < -0.39 is 28.6 Å². The number of hydrogen-bond acceptors (Lipinski definition) is 5. The molecule has 0 amide bonds. The molecule has 5 nitrogen and oxygen atoms in total. The molecule has 0 aromatic heterocycles. The molecule has 0 fully saturated rings. The van der Waals surface area contributed by atoms with Crippen LogP contribution in [0.5, 0.6) is 0 Å². The molecule has 130 valence electrons. The van der Waals surface area contributed by atoms with Gasteiger partial charge in [0.1, 0.15) is 11.2 Å². The Labute approximate surface area is 139 Å². The van der Waals surface area contributed by atoms with Gasteiger partial charge in [0.05, 0.1) is 6.07 Å². The van der Waals surface area contributed by atoms with Crippen molar-refractivity contribution in [3.05, 3.63) is 12.2 Å². The molecular weight excluding hydrogens is 294 g/mol. The summed E-state index contributed by atoms with van der Waals surface area (Å²) in [6.07, 6.45) is 4.25. The monoisotopic (exact) mass is 323 g/mol. The Morgan fingerprint density at radius 2 is 1.57 bits per heavy atom. The van der Waals surface area contributed by atoms with E-state index >= 15 is 0 Å². The van der Waals surface area contributed by atoms with E-state index in [1.807, 2.05) is 13.0 Å². The zero-order valence-electron chi connectivity index (χ0n) is 15.4. The molecule has 0 aromatic rings. The van der Waals surface area contributed by atoms with Crippen molar-refractivity contribution in [3.63, 3.8) is 0 Å². The van der Waals surface area contributed by atoms with Crippen molar-refractivity contribution in [1.29, 1.82) is 5.26 Å². The van der Waals surface area contributed by atoms with Crippen LogP contribution in [0.25, 0.3) is 0 Å². The summed E-state index contributed by atoms with van der Waals surface area (Å²) in [4.78, 5) is 24.3. The van der Waals surface area contributed by atoms with Crippen molar-refractivity contribution < 1.29 is 19.1 Å². The maximum atomic E-state index is 12.5. The average Bonchev–Trinajstić information content (AvgIpc) is 2.35. The summed E-state index contributed by atoms with van der Waals surface area (Å²) in [6.45, 7) is 12.4. The second-order valence-corrected chi connectivity index (χ2v) is 7.56. The van der Waals surface area contributed by atoms with Crippen molar-refractivity contribution >= 4 is 11.9 Å². The van der Waals surface area contributed by atoms with Crippen LogP contribution in [0, 0.1) is 16.7 Å². The first-order chi connectivity index (χ1) is 10.4. The van der Waals surface area contributed by atoms with E-state index in [1.54, 1.807) is 41.5 Å². The van der Waals surface area contributed by atoms with E-state index in [9.17, 15) is 14.9 Å². The maximum Gasteiger partial charge on any atom is 0.331 e. The van der Waals surface area contributed by atoms with Gasteiger partial charge in [0.15, 0.2) is 5.41 Å². The predicted octanol–water partition coefficient (Wildman–Crippen LogP) is 3.93. The Hall–Kier alpha value is -1.83. The molecule has 1 atom stereocenters. The minimum absolute atomic E-state index is 0.300. The van der Waals surface area contributed by atoms with Crippen molar-refractivity contribution in [1.82, 2.24) is 0 Å². The zero-order valence-corrected chi connectivity index (χ0v) is 15.4.